The Morgan fingerprint density at radius 3 is 1.88 bits per heavy atom. The first-order valence-electron chi connectivity index (χ1n) is 21.1. The van der Waals surface area contributed by atoms with Crippen molar-refractivity contribution in [1.29, 1.82) is 0 Å². The SMILES string of the molecule is Cc1ccc(C2CCCC3C2CC(C)C3[Si](C)(CCCCCCOC(C)(C)C)C2CCC3C(c4ccc(C(C)(C)C)cc4)CCCC32)cc1. The number of hydrogen-bond acceptors (Lipinski definition) is 1. The third kappa shape index (κ3) is 8.32. The molecule has 6 rings (SSSR count). The highest BCUT2D eigenvalue weighted by atomic mass is 28.3. The van der Waals surface area contributed by atoms with E-state index in [1.165, 1.54) is 94.6 Å². The van der Waals surface area contributed by atoms with Crippen LogP contribution in [0.15, 0.2) is 48.5 Å². The number of ether oxygens (including phenoxy) is 1. The first-order valence-corrected chi connectivity index (χ1v) is 23.9. The summed E-state index contributed by atoms with van der Waals surface area (Å²) in [5.74, 6) is 6.25. The zero-order chi connectivity index (χ0) is 35.0. The van der Waals surface area contributed by atoms with Gasteiger partial charge < -0.3 is 4.74 Å². The second kappa shape index (κ2) is 15.3. The monoisotopic (exact) mass is 683 g/mol. The maximum Gasteiger partial charge on any atom is 0.0598 e. The Balaban J connectivity index is 1.23. The summed E-state index contributed by atoms with van der Waals surface area (Å²) >= 11 is 0. The summed E-state index contributed by atoms with van der Waals surface area (Å²) in [5.41, 5.74) is 8.47. The second-order valence-electron chi connectivity index (χ2n) is 20.1. The molecule has 272 valence electrons. The molecule has 0 amide bonds. The highest BCUT2D eigenvalue weighted by Crippen LogP contribution is 2.67. The van der Waals surface area contributed by atoms with E-state index in [4.69, 9.17) is 4.74 Å². The minimum absolute atomic E-state index is 0.0113. The maximum absolute atomic E-state index is 6.10. The first kappa shape index (κ1) is 37.4. The smallest absolute Gasteiger partial charge is 0.0598 e. The molecular weight excluding hydrogens is 609 g/mol. The molecule has 2 heteroatoms. The number of aryl methyl sites for hydroxylation is 1. The third-order valence-electron chi connectivity index (χ3n) is 14.7. The molecular formula is C47H74OSi. The lowest BCUT2D eigenvalue weighted by Gasteiger charge is -2.50. The molecule has 0 bridgehead atoms. The lowest BCUT2D eigenvalue weighted by atomic mass is 9.70. The highest BCUT2D eigenvalue weighted by molar-refractivity contribution is 6.81. The fourth-order valence-electron chi connectivity index (χ4n) is 12.7. The molecule has 49 heavy (non-hydrogen) atoms. The van der Waals surface area contributed by atoms with E-state index in [9.17, 15) is 0 Å². The molecule has 4 aliphatic rings. The number of unbranched alkanes of at least 4 members (excludes halogenated alkanes) is 3. The summed E-state index contributed by atoms with van der Waals surface area (Å²) in [6, 6.07) is 21.4. The Hall–Kier alpha value is -1.38. The molecule has 0 radical (unpaired) electrons. The Bertz CT molecular complexity index is 1330. The van der Waals surface area contributed by atoms with Gasteiger partial charge in [-0.3, -0.25) is 0 Å². The molecule has 1 nitrogen and oxygen atoms in total. The van der Waals surface area contributed by atoms with Gasteiger partial charge in [-0.05, 0) is 134 Å². The summed E-state index contributed by atoms with van der Waals surface area (Å²) in [6.45, 7) is 22.6. The van der Waals surface area contributed by atoms with Crippen LogP contribution in [-0.4, -0.2) is 20.3 Å². The first-order chi connectivity index (χ1) is 23.3. The Kier molecular flexibility index (Phi) is 11.7. The van der Waals surface area contributed by atoms with Gasteiger partial charge in [0.2, 0.25) is 0 Å². The number of benzene rings is 2. The second-order valence-corrected chi connectivity index (χ2v) is 25.0. The fraction of sp³-hybridized carbons (Fsp3) is 0.745. The molecule has 0 heterocycles. The molecule has 0 N–H and O–H groups in total. The average molecular weight is 683 g/mol. The lowest BCUT2D eigenvalue weighted by molar-refractivity contribution is -0.00471. The molecule has 4 saturated carbocycles. The van der Waals surface area contributed by atoms with Crippen LogP contribution in [0.25, 0.3) is 0 Å². The summed E-state index contributed by atoms with van der Waals surface area (Å²) in [5, 5.41) is 0. The van der Waals surface area contributed by atoms with Crippen molar-refractivity contribution in [2.75, 3.05) is 6.61 Å². The average Bonchev–Trinajstić information content (AvgIpc) is 3.65. The largest absolute Gasteiger partial charge is 0.376 e. The third-order valence-corrected chi connectivity index (χ3v) is 21.1. The molecule has 0 aliphatic heterocycles. The minimum Gasteiger partial charge on any atom is -0.376 e. The fourth-order valence-corrected chi connectivity index (χ4v) is 19.9. The molecule has 0 saturated heterocycles. The molecule has 0 spiro atoms. The van der Waals surface area contributed by atoms with Crippen molar-refractivity contribution < 1.29 is 4.74 Å². The van der Waals surface area contributed by atoms with Crippen LogP contribution in [0.4, 0.5) is 0 Å². The summed E-state index contributed by atoms with van der Waals surface area (Å²) in [4.78, 5) is 0. The molecule has 2 aromatic rings. The Morgan fingerprint density at radius 1 is 0.653 bits per heavy atom. The quantitative estimate of drug-likeness (QED) is 0.169. The minimum atomic E-state index is -1.60. The van der Waals surface area contributed by atoms with Crippen LogP contribution < -0.4 is 0 Å². The Morgan fingerprint density at radius 2 is 1.24 bits per heavy atom. The van der Waals surface area contributed by atoms with E-state index in [1.807, 2.05) is 0 Å². The van der Waals surface area contributed by atoms with Gasteiger partial charge in [0.1, 0.15) is 0 Å². The predicted molar refractivity (Wildman–Crippen MR) is 215 cm³/mol. The van der Waals surface area contributed by atoms with Crippen LogP contribution >= 0.6 is 0 Å². The lowest BCUT2D eigenvalue weighted by Crippen LogP contribution is -2.48. The molecule has 10 unspecified atom stereocenters. The zero-order valence-corrected chi connectivity index (χ0v) is 34.3. The van der Waals surface area contributed by atoms with Gasteiger partial charge in [0.15, 0.2) is 0 Å². The maximum atomic E-state index is 6.10. The van der Waals surface area contributed by atoms with Crippen molar-refractivity contribution in [3.8, 4) is 0 Å². The number of rotatable bonds is 11. The highest BCUT2D eigenvalue weighted by Gasteiger charge is 2.59. The van der Waals surface area contributed by atoms with Gasteiger partial charge in [0.25, 0.3) is 0 Å². The van der Waals surface area contributed by atoms with Gasteiger partial charge in [0, 0.05) is 6.61 Å². The van der Waals surface area contributed by atoms with E-state index >= 15 is 0 Å². The van der Waals surface area contributed by atoms with Crippen LogP contribution in [0.3, 0.4) is 0 Å². The van der Waals surface area contributed by atoms with Gasteiger partial charge >= 0.3 is 0 Å². The van der Waals surface area contributed by atoms with E-state index in [-0.39, 0.29) is 11.0 Å². The van der Waals surface area contributed by atoms with E-state index in [1.54, 1.807) is 17.2 Å². The van der Waals surface area contributed by atoms with Gasteiger partial charge in [-0.1, -0.05) is 146 Å². The van der Waals surface area contributed by atoms with Gasteiger partial charge in [-0.15, -0.1) is 0 Å². The Labute approximate surface area is 304 Å². The van der Waals surface area contributed by atoms with Crippen LogP contribution in [-0.2, 0) is 10.2 Å². The van der Waals surface area contributed by atoms with Crippen molar-refractivity contribution in [2.45, 2.75) is 185 Å². The zero-order valence-electron chi connectivity index (χ0n) is 33.3. The molecule has 4 fully saturated rings. The van der Waals surface area contributed by atoms with Crippen molar-refractivity contribution in [1.82, 2.24) is 0 Å². The van der Waals surface area contributed by atoms with E-state index < -0.39 is 8.07 Å². The molecule has 4 aliphatic carbocycles. The normalized spacial score (nSPS) is 33.2. The standard InChI is InChI=1S/C47H74OSi/c1-33-20-22-35(23-21-33)39-17-15-19-42-43(39)32-34(2)45(42)49(9,31-13-11-10-12-30-48-47(6,7)8)44-29-28-40-38(16-14-18-41(40)44)36-24-26-37(27-25-36)46(3,4)5/h20-27,34,38-45H,10-19,28-32H2,1-9H3. The van der Waals surface area contributed by atoms with Gasteiger partial charge in [0.05, 0.1) is 13.7 Å². The summed E-state index contributed by atoms with van der Waals surface area (Å²) in [6.07, 6.45) is 18.7. The number of fused-ring (bicyclic) bond motifs is 2. The molecule has 0 aromatic heterocycles. The van der Waals surface area contributed by atoms with E-state index in [0.29, 0.717) is 0 Å². The van der Waals surface area contributed by atoms with Crippen molar-refractivity contribution >= 4 is 8.07 Å². The van der Waals surface area contributed by atoms with Crippen LogP contribution in [0, 0.1) is 36.5 Å². The van der Waals surface area contributed by atoms with Crippen LogP contribution in [0.2, 0.25) is 23.7 Å². The van der Waals surface area contributed by atoms with Gasteiger partial charge in [-0.2, -0.15) is 0 Å². The summed E-state index contributed by atoms with van der Waals surface area (Å²) in [7, 11) is -1.60. The van der Waals surface area contributed by atoms with Crippen molar-refractivity contribution in [3.63, 3.8) is 0 Å². The molecule has 2 aromatic carbocycles. The predicted octanol–water partition coefficient (Wildman–Crippen LogP) is 14.0. The summed E-state index contributed by atoms with van der Waals surface area (Å²) < 4.78 is 6.10. The van der Waals surface area contributed by atoms with Crippen LogP contribution in [0.1, 0.15) is 166 Å². The van der Waals surface area contributed by atoms with Crippen molar-refractivity contribution in [3.05, 3.63) is 70.8 Å². The molecule has 10 atom stereocenters. The number of hydrogen-bond donors (Lipinski definition) is 0. The van der Waals surface area contributed by atoms with E-state index in [0.717, 1.165) is 59.1 Å². The van der Waals surface area contributed by atoms with Gasteiger partial charge in [-0.25, -0.2) is 0 Å². The topological polar surface area (TPSA) is 9.23 Å². The van der Waals surface area contributed by atoms with E-state index in [2.05, 4.69) is 110 Å². The van der Waals surface area contributed by atoms with Crippen LogP contribution in [0.5, 0.6) is 0 Å². The van der Waals surface area contributed by atoms with Crippen molar-refractivity contribution in [2.24, 2.45) is 29.6 Å².